The summed E-state index contributed by atoms with van der Waals surface area (Å²) in [6.45, 7) is 0.656. The first-order valence-corrected chi connectivity index (χ1v) is 5.18. The van der Waals surface area contributed by atoms with Crippen LogP contribution in [0.25, 0.3) is 0 Å². The molecule has 0 aliphatic rings. The van der Waals surface area contributed by atoms with Gasteiger partial charge in [0.2, 0.25) is 17.9 Å². The number of rotatable bonds is 3. The van der Waals surface area contributed by atoms with Gasteiger partial charge in [0.15, 0.2) is 0 Å². The van der Waals surface area contributed by atoms with Gasteiger partial charge in [-0.25, -0.2) is 0 Å². The van der Waals surface area contributed by atoms with Crippen LogP contribution in [0.4, 0.5) is 0 Å². The second-order valence-corrected chi connectivity index (χ2v) is 3.33. The second-order valence-electron chi connectivity index (χ2n) is 3.33. The number of aliphatic hydroxyl groups is 1. The molecule has 0 atom stereocenters. The zero-order valence-electron chi connectivity index (χ0n) is 8.90. The number of aromatic nitrogens is 2. The minimum atomic E-state index is 0.108. The lowest BCUT2D eigenvalue weighted by molar-refractivity contribution is -0.683. The molecule has 2 rings (SSSR count). The Balaban J connectivity index is 2.43. The van der Waals surface area contributed by atoms with E-state index in [0.717, 1.165) is 5.49 Å². The van der Waals surface area contributed by atoms with Crippen LogP contribution in [0.15, 0.2) is 60.1 Å². The molecule has 2 aromatic heterocycles. The zero-order chi connectivity index (χ0) is 11.2. The number of aliphatic hydroxyl groups excluding tert-OH is 1. The standard InChI is InChI=1S/C12H14N3O/c16-11-10-14-7-5-2-6-12(14)13-15-8-3-1-4-9-15/h1-9,16H,10-11H2/q+1/b13-12+. The maximum atomic E-state index is 8.94. The van der Waals surface area contributed by atoms with Gasteiger partial charge >= 0.3 is 0 Å². The van der Waals surface area contributed by atoms with Crippen LogP contribution in [-0.4, -0.2) is 16.3 Å². The minimum absolute atomic E-state index is 0.108. The van der Waals surface area contributed by atoms with E-state index in [4.69, 9.17) is 5.11 Å². The predicted molar refractivity (Wildman–Crippen MR) is 59.1 cm³/mol. The molecule has 2 aromatic rings. The SMILES string of the molecule is OCCn1cccc/c1=N\[n+]1ccccc1. The Morgan fingerprint density at radius 3 is 2.69 bits per heavy atom. The highest BCUT2D eigenvalue weighted by molar-refractivity contribution is 4.92. The van der Waals surface area contributed by atoms with Crippen LogP contribution >= 0.6 is 0 Å². The van der Waals surface area contributed by atoms with E-state index < -0.39 is 0 Å². The van der Waals surface area contributed by atoms with Crippen molar-refractivity contribution in [3.05, 3.63) is 60.5 Å². The molecule has 0 aromatic carbocycles. The highest BCUT2D eigenvalue weighted by Gasteiger charge is 1.96. The van der Waals surface area contributed by atoms with E-state index in [0.29, 0.717) is 6.54 Å². The third-order valence-corrected chi connectivity index (χ3v) is 2.18. The van der Waals surface area contributed by atoms with Gasteiger partial charge < -0.3 is 9.67 Å². The third-order valence-electron chi connectivity index (χ3n) is 2.18. The number of nitrogens with zero attached hydrogens (tertiary/aromatic N) is 3. The Morgan fingerprint density at radius 1 is 1.12 bits per heavy atom. The van der Waals surface area contributed by atoms with Gasteiger partial charge in [-0.3, -0.25) is 0 Å². The predicted octanol–water partition coefficient (Wildman–Crippen LogP) is 0.132. The normalized spacial score (nSPS) is 11.7. The molecule has 16 heavy (non-hydrogen) atoms. The molecule has 4 heteroatoms. The second kappa shape index (κ2) is 5.23. The van der Waals surface area contributed by atoms with Gasteiger partial charge in [0.25, 0.3) is 0 Å². The first kappa shape index (κ1) is 10.6. The van der Waals surface area contributed by atoms with Crippen LogP contribution in [0.1, 0.15) is 0 Å². The molecule has 0 saturated carbocycles. The monoisotopic (exact) mass is 216 g/mol. The fourth-order valence-electron chi connectivity index (χ4n) is 1.43. The molecule has 2 heterocycles. The van der Waals surface area contributed by atoms with Gasteiger partial charge in [-0.05, 0) is 12.1 Å². The summed E-state index contributed by atoms with van der Waals surface area (Å²) in [6, 6.07) is 11.5. The lowest BCUT2D eigenvalue weighted by Crippen LogP contribution is -2.33. The van der Waals surface area contributed by atoms with Gasteiger partial charge in [0.05, 0.1) is 6.61 Å². The van der Waals surface area contributed by atoms with Crippen molar-refractivity contribution in [1.82, 2.24) is 4.57 Å². The van der Waals surface area contributed by atoms with Gasteiger partial charge in [0.1, 0.15) is 0 Å². The molecule has 0 aliphatic carbocycles. The summed E-state index contributed by atoms with van der Waals surface area (Å²) < 4.78 is 3.64. The first-order chi connectivity index (χ1) is 7.90. The highest BCUT2D eigenvalue weighted by Crippen LogP contribution is 1.82. The molecular weight excluding hydrogens is 202 g/mol. The van der Waals surface area contributed by atoms with Crippen molar-refractivity contribution in [2.75, 3.05) is 6.61 Å². The van der Waals surface area contributed by atoms with Crippen molar-refractivity contribution in [2.45, 2.75) is 6.54 Å². The van der Waals surface area contributed by atoms with E-state index in [1.807, 2.05) is 59.6 Å². The van der Waals surface area contributed by atoms with Gasteiger partial charge in [-0.15, -0.1) is 0 Å². The Hall–Kier alpha value is -1.94. The van der Waals surface area contributed by atoms with Crippen molar-refractivity contribution in [2.24, 2.45) is 5.10 Å². The zero-order valence-corrected chi connectivity index (χ0v) is 8.90. The quantitative estimate of drug-likeness (QED) is 0.728. The van der Waals surface area contributed by atoms with Crippen LogP contribution in [0, 0.1) is 0 Å². The molecule has 0 unspecified atom stereocenters. The number of hydrogen-bond acceptors (Lipinski definition) is 2. The summed E-state index contributed by atoms with van der Waals surface area (Å²) in [6.07, 6.45) is 5.64. The van der Waals surface area contributed by atoms with E-state index in [1.54, 1.807) is 4.68 Å². The molecule has 0 spiro atoms. The minimum Gasteiger partial charge on any atom is -0.395 e. The van der Waals surface area contributed by atoms with Crippen LogP contribution < -0.4 is 10.2 Å². The Morgan fingerprint density at radius 2 is 1.94 bits per heavy atom. The summed E-state index contributed by atoms with van der Waals surface area (Å²) in [7, 11) is 0. The molecular formula is C12H14N3O+. The van der Waals surface area contributed by atoms with Crippen molar-refractivity contribution >= 4 is 0 Å². The maximum Gasteiger partial charge on any atom is 0.202 e. The van der Waals surface area contributed by atoms with Gasteiger partial charge in [-0.1, -0.05) is 16.8 Å². The smallest absolute Gasteiger partial charge is 0.202 e. The first-order valence-electron chi connectivity index (χ1n) is 5.18. The van der Waals surface area contributed by atoms with Crippen molar-refractivity contribution in [1.29, 1.82) is 0 Å². The lowest BCUT2D eigenvalue weighted by Gasteiger charge is -2.01. The van der Waals surface area contributed by atoms with Crippen molar-refractivity contribution in [3.63, 3.8) is 0 Å². The molecule has 0 radical (unpaired) electrons. The number of hydrogen-bond donors (Lipinski definition) is 1. The van der Waals surface area contributed by atoms with Crippen LogP contribution in [0.5, 0.6) is 0 Å². The van der Waals surface area contributed by atoms with Crippen molar-refractivity contribution in [3.8, 4) is 0 Å². The van der Waals surface area contributed by atoms with E-state index in [1.165, 1.54) is 0 Å². The summed E-state index contributed by atoms with van der Waals surface area (Å²) in [5.74, 6) is 0. The summed E-state index contributed by atoms with van der Waals surface area (Å²) in [5.41, 5.74) is 0.813. The molecule has 82 valence electrons. The fourth-order valence-corrected chi connectivity index (χ4v) is 1.43. The van der Waals surface area contributed by atoms with Crippen molar-refractivity contribution < 1.29 is 9.78 Å². The average Bonchev–Trinajstić information content (AvgIpc) is 2.33. The Bertz CT molecular complexity index is 505. The Labute approximate surface area is 93.7 Å². The lowest BCUT2D eigenvalue weighted by atomic mass is 10.4. The van der Waals surface area contributed by atoms with Crippen LogP contribution in [-0.2, 0) is 6.54 Å². The van der Waals surface area contributed by atoms with E-state index in [-0.39, 0.29) is 6.61 Å². The Kier molecular flexibility index (Phi) is 3.46. The van der Waals surface area contributed by atoms with Crippen LogP contribution in [0.2, 0.25) is 0 Å². The largest absolute Gasteiger partial charge is 0.395 e. The maximum absolute atomic E-state index is 8.94. The average molecular weight is 216 g/mol. The van der Waals surface area contributed by atoms with E-state index in [2.05, 4.69) is 5.10 Å². The molecule has 0 saturated heterocycles. The molecule has 0 aliphatic heterocycles. The summed E-state index contributed by atoms with van der Waals surface area (Å²) in [5, 5.41) is 13.4. The molecule has 0 fully saturated rings. The van der Waals surface area contributed by atoms with Gasteiger partial charge in [0, 0.05) is 30.0 Å². The third kappa shape index (κ3) is 2.55. The van der Waals surface area contributed by atoms with E-state index in [9.17, 15) is 0 Å². The van der Waals surface area contributed by atoms with E-state index >= 15 is 0 Å². The molecule has 0 amide bonds. The number of pyridine rings is 2. The van der Waals surface area contributed by atoms with Crippen LogP contribution in [0.3, 0.4) is 0 Å². The summed E-state index contributed by atoms with van der Waals surface area (Å²) in [4.78, 5) is 0. The fraction of sp³-hybridized carbons (Fsp3) is 0.167. The molecule has 0 bridgehead atoms. The highest BCUT2D eigenvalue weighted by atomic mass is 16.3. The molecule has 4 nitrogen and oxygen atoms in total. The van der Waals surface area contributed by atoms with Gasteiger partial charge in [-0.2, -0.15) is 0 Å². The topological polar surface area (TPSA) is 41.4 Å². The summed E-state index contributed by atoms with van der Waals surface area (Å²) >= 11 is 0. The molecule has 1 N–H and O–H groups in total.